The van der Waals surface area contributed by atoms with Crippen molar-refractivity contribution in [2.75, 3.05) is 0 Å². The highest BCUT2D eigenvalue weighted by Gasteiger charge is 2.21. The molecular weight excluding hydrogens is 316 g/mol. The zero-order valence-electron chi connectivity index (χ0n) is 12.8. The molecule has 5 heteroatoms. The van der Waals surface area contributed by atoms with Crippen LogP contribution < -0.4 is 4.74 Å². The Morgan fingerprint density at radius 1 is 0.957 bits per heavy atom. The van der Waals surface area contributed by atoms with Crippen molar-refractivity contribution < 1.29 is 19.4 Å². The fourth-order valence-corrected chi connectivity index (χ4v) is 2.01. The molecule has 0 aromatic heterocycles. The van der Waals surface area contributed by atoms with Crippen LogP contribution in [-0.2, 0) is 4.79 Å². The number of ether oxygens (including phenoxy) is 1. The molecule has 2 rings (SSSR count). The molecule has 0 aliphatic carbocycles. The van der Waals surface area contributed by atoms with Gasteiger partial charge in [0.25, 0.3) is 0 Å². The van der Waals surface area contributed by atoms with Crippen LogP contribution in [0.25, 0.3) is 11.1 Å². The largest absolute Gasteiger partial charge is 0.478 e. The molecule has 0 saturated carbocycles. The number of carboxylic acids is 1. The third-order valence-electron chi connectivity index (χ3n) is 3.35. The highest BCUT2D eigenvalue weighted by Crippen LogP contribution is 2.24. The third-order valence-corrected chi connectivity index (χ3v) is 4.03. The highest BCUT2D eigenvalue weighted by atomic mass is 35.5. The minimum Gasteiger partial charge on any atom is -0.478 e. The number of benzene rings is 2. The molecule has 23 heavy (non-hydrogen) atoms. The number of carboxylic acid groups (broad SMARTS) is 1. The van der Waals surface area contributed by atoms with Crippen molar-refractivity contribution in [1.82, 2.24) is 0 Å². The molecule has 0 saturated heterocycles. The van der Waals surface area contributed by atoms with Crippen molar-refractivity contribution in [2.45, 2.75) is 19.2 Å². The summed E-state index contributed by atoms with van der Waals surface area (Å²) < 4.78 is 5.23. The van der Waals surface area contributed by atoms with Crippen LogP contribution in [0.2, 0.25) is 0 Å². The summed E-state index contributed by atoms with van der Waals surface area (Å²) in [5, 5.41) is 8.21. The first-order valence-electron chi connectivity index (χ1n) is 7.18. The Hall–Kier alpha value is -2.33. The highest BCUT2D eigenvalue weighted by molar-refractivity contribution is 6.30. The molecule has 1 N–H and O–H groups in total. The number of aromatic carboxylic acids is 1. The Morgan fingerprint density at radius 2 is 1.43 bits per heavy atom. The summed E-state index contributed by atoms with van der Waals surface area (Å²) in [6.07, 6.45) is 0. The Kier molecular flexibility index (Phi) is 5.40. The number of alkyl halides is 1. The smallest absolute Gasteiger partial charge is 0.335 e. The van der Waals surface area contributed by atoms with Crippen molar-refractivity contribution in [3.63, 3.8) is 0 Å². The SMILES string of the molecule is CC(C)[C@H](Cl)C(=O)Oc1ccc(-c2ccc(C(=O)O)cc2)cc1. The first kappa shape index (κ1) is 17.0. The molecule has 0 aliphatic rings. The van der Waals surface area contributed by atoms with Crippen molar-refractivity contribution in [2.24, 2.45) is 5.92 Å². The molecule has 2 aromatic rings. The van der Waals surface area contributed by atoms with E-state index < -0.39 is 17.3 Å². The maximum absolute atomic E-state index is 11.8. The lowest BCUT2D eigenvalue weighted by Crippen LogP contribution is -2.25. The number of carbonyl (C=O) groups excluding carboxylic acids is 1. The Morgan fingerprint density at radius 3 is 1.87 bits per heavy atom. The van der Waals surface area contributed by atoms with E-state index in [0.29, 0.717) is 5.75 Å². The van der Waals surface area contributed by atoms with E-state index >= 15 is 0 Å². The summed E-state index contributed by atoms with van der Waals surface area (Å²) in [6.45, 7) is 3.70. The van der Waals surface area contributed by atoms with Crippen LogP contribution in [0, 0.1) is 5.92 Å². The molecule has 0 radical (unpaired) electrons. The van der Waals surface area contributed by atoms with Gasteiger partial charge in [0, 0.05) is 0 Å². The van der Waals surface area contributed by atoms with E-state index in [1.807, 2.05) is 13.8 Å². The minimum absolute atomic E-state index is 0.00353. The predicted molar refractivity (Wildman–Crippen MR) is 89.0 cm³/mol. The zero-order valence-corrected chi connectivity index (χ0v) is 13.6. The molecule has 0 heterocycles. The summed E-state index contributed by atoms with van der Waals surface area (Å²) in [5.74, 6) is -1.01. The summed E-state index contributed by atoms with van der Waals surface area (Å²) >= 11 is 5.96. The quantitative estimate of drug-likeness (QED) is 0.506. The lowest BCUT2D eigenvalue weighted by Gasteiger charge is -2.12. The molecule has 4 nitrogen and oxygen atoms in total. The maximum Gasteiger partial charge on any atom is 0.335 e. The van der Waals surface area contributed by atoms with Crippen LogP contribution in [0.5, 0.6) is 5.75 Å². The zero-order chi connectivity index (χ0) is 17.0. The molecule has 0 amide bonds. The average Bonchev–Trinajstić information content (AvgIpc) is 2.54. The Labute approximate surface area is 139 Å². The first-order valence-corrected chi connectivity index (χ1v) is 7.61. The fraction of sp³-hybridized carbons (Fsp3) is 0.222. The van der Waals surface area contributed by atoms with Crippen molar-refractivity contribution in [3.8, 4) is 16.9 Å². The molecule has 0 bridgehead atoms. The standard InChI is InChI=1S/C18H17ClO4/c1-11(2)16(19)18(22)23-15-9-7-13(8-10-15)12-3-5-14(6-4-12)17(20)21/h3-11,16H,1-2H3,(H,20,21)/t16-/m0/s1. The van der Waals surface area contributed by atoms with Gasteiger partial charge in [-0.2, -0.15) is 0 Å². The van der Waals surface area contributed by atoms with Crippen LogP contribution in [0.15, 0.2) is 48.5 Å². The van der Waals surface area contributed by atoms with Gasteiger partial charge in [-0.1, -0.05) is 38.1 Å². The predicted octanol–water partition coefficient (Wildman–Crippen LogP) is 4.22. The summed E-state index contributed by atoms with van der Waals surface area (Å²) in [5.41, 5.74) is 2.01. The fourth-order valence-electron chi connectivity index (χ4n) is 1.97. The monoisotopic (exact) mass is 332 g/mol. The molecule has 0 aliphatic heterocycles. The van der Waals surface area contributed by atoms with Crippen LogP contribution in [0.4, 0.5) is 0 Å². The van der Waals surface area contributed by atoms with Gasteiger partial charge in [-0.15, -0.1) is 11.6 Å². The molecule has 1 atom stereocenters. The van der Waals surface area contributed by atoms with Gasteiger partial charge in [-0.05, 0) is 41.3 Å². The van der Waals surface area contributed by atoms with Crippen LogP contribution in [-0.4, -0.2) is 22.4 Å². The second-order valence-electron chi connectivity index (χ2n) is 5.47. The van der Waals surface area contributed by atoms with E-state index in [4.69, 9.17) is 21.4 Å². The van der Waals surface area contributed by atoms with Crippen molar-refractivity contribution in [3.05, 3.63) is 54.1 Å². The minimum atomic E-state index is -0.959. The third kappa shape index (κ3) is 4.33. The van der Waals surface area contributed by atoms with Gasteiger partial charge >= 0.3 is 11.9 Å². The molecular formula is C18H17ClO4. The number of hydrogen-bond acceptors (Lipinski definition) is 3. The molecule has 0 unspecified atom stereocenters. The number of rotatable bonds is 5. The van der Waals surface area contributed by atoms with Crippen LogP contribution >= 0.6 is 11.6 Å². The summed E-state index contributed by atoms with van der Waals surface area (Å²) in [7, 11) is 0. The Bertz CT molecular complexity index is 690. The lowest BCUT2D eigenvalue weighted by atomic mass is 10.0. The molecule has 0 spiro atoms. The number of carbonyl (C=O) groups is 2. The second-order valence-corrected chi connectivity index (χ2v) is 5.94. The normalized spacial score (nSPS) is 12.0. The van der Waals surface area contributed by atoms with Gasteiger partial charge in [0.1, 0.15) is 11.1 Å². The summed E-state index contributed by atoms with van der Waals surface area (Å²) in [6, 6.07) is 13.5. The maximum atomic E-state index is 11.8. The van der Waals surface area contributed by atoms with E-state index in [2.05, 4.69) is 0 Å². The van der Waals surface area contributed by atoms with Gasteiger partial charge in [0.05, 0.1) is 5.56 Å². The van der Waals surface area contributed by atoms with E-state index in [1.54, 1.807) is 48.5 Å². The van der Waals surface area contributed by atoms with E-state index in [1.165, 1.54) is 0 Å². The average molecular weight is 333 g/mol. The topological polar surface area (TPSA) is 63.6 Å². The number of halogens is 1. The van der Waals surface area contributed by atoms with E-state index in [9.17, 15) is 9.59 Å². The molecule has 2 aromatic carbocycles. The van der Waals surface area contributed by atoms with Crippen molar-refractivity contribution >= 4 is 23.5 Å². The second kappa shape index (κ2) is 7.29. The first-order chi connectivity index (χ1) is 10.9. The van der Waals surface area contributed by atoms with Crippen LogP contribution in [0.1, 0.15) is 24.2 Å². The molecule has 0 fully saturated rings. The lowest BCUT2D eigenvalue weighted by molar-refractivity contribution is -0.134. The Balaban J connectivity index is 2.10. The van der Waals surface area contributed by atoms with Crippen molar-refractivity contribution in [1.29, 1.82) is 0 Å². The summed E-state index contributed by atoms with van der Waals surface area (Å²) in [4.78, 5) is 22.6. The number of hydrogen-bond donors (Lipinski definition) is 1. The van der Waals surface area contributed by atoms with Gasteiger partial charge in [0.15, 0.2) is 0 Å². The van der Waals surface area contributed by atoms with Crippen LogP contribution in [0.3, 0.4) is 0 Å². The number of esters is 1. The molecule has 120 valence electrons. The van der Waals surface area contributed by atoms with Gasteiger partial charge in [-0.3, -0.25) is 4.79 Å². The van der Waals surface area contributed by atoms with Gasteiger partial charge in [0.2, 0.25) is 0 Å². The van der Waals surface area contributed by atoms with E-state index in [0.717, 1.165) is 11.1 Å². The van der Waals surface area contributed by atoms with Gasteiger partial charge < -0.3 is 9.84 Å². The van der Waals surface area contributed by atoms with Gasteiger partial charge in [-0.25, -0.2) is 4.79 Å². The van der Waals surface area contributed by atoms with E-state index in [-0.39, 0.29) is 11.5 Å².